The molecule has 0 radical (unpaired) electrons. The minimum atomic E-state index is 0.698. The molecule has 5 heteroatoms. The molecule has 0 atom stereocenters. The van der Waals surface area contributed by atoms with E-state index in [1.165, 1.54) is 0 Å². The first-order chi connectivity index (χ1) is 25.3. The summed E-state index contributed by atoms with van der Waals surface area (Å²) in [5.74, 6) is 0.698. The zero-order valence-corrected chi connectivity index (χ0v) is 27.2. The second-order valence-electron chi connectivity index (χ2n) is 12.9. The number of fused-ring (bicyclic) bond motifs is 12. The van der Waals surface area contributed by atoms with Crippen molar-refractivity contribution in [2.75, 3.05) is 0 Å². The van der Waals surface area contributed by atoms with E-state index in [4.69, 9.17) is 18.8 Å². The van der Waals surface area contributed by atoms with Crippen molar-refractivity contribution in [3.8, 4) is 39.6 Å². The summed E-state index contributed by atoms with van der Waals surface area (Å²) in [5, 5.41) is 6.57. The summed E-state index contributed by atoms with van der Waals surface area (Å²) in [6, 6.07) is 56.4. The van der Waals surface area contributed by atoms with Crippen molar-refractivity contribution < 1.29 is 8.83 Å². The first kappa shape index (κ1) is 27.9. The maximum Gasteiger partial charge on any atom is 0.180 e. The Balaban J connectivity index is 1.18. The third kappa shape index (κ3) is 4.15. The van der Waals surface area contributed by atoms with E-state index in [1.807, 2.05) is 60.7 Å². The molecule has 0 amide bonds. The Labute approximate surface area is 291 Å². The van der Waals surface area contributed by atoms with Crippen molar-refractivity contribution >= 4 is 65.7 Å². The highest BCUT2D eigenvalue weighted by molar-refractivity contribution is 6.38. The van der Waals surface area contributed by atoms with Gasteiger partial charge in [0.1, 0.15) is 11.2 Å². The molecule has 0 aliphatic carbocycles. The summed E-state index contributed by atoms with van der Waals surface area (Å²) in [5.41, 5.74) is 11.3. The molecule has 5 nitrogen and oxygen atoms in total. The van der Waals surface area contributed by atoms with Gasteiger partial charge in [0.05, 0.1) is 27.8 Å². The lowest BCUT2D eigenvalue weighted by molar-refractivity contribution is 0.633. The van der Waals surface area contributed by atoms with Crippen LogP contribution >= 0.6 is 0 Å². The van der Waals surface area contributed by atoms with Crippen molar-refractivity contribution in [3.63, 3.8) is 0 Å². The molecule has 4 heterocycles. The third-order valence-corrected chi connectivity index (χ3v) is 10.0. The molecular formula is C46H27N3O2. The van der Waals surface area contributed by atoms with E-state index in [0.717, 1.165) is 99.4 Å². The first-order valence-electron chi connectivity index (χ1n) is 17.1. The summed E-state index contributed by atoms with van der Waals surface area (Å²) in [7, 11) is 0. The fraction of sp³-hybridized carbons (Fsp3) is 0. The van der Waals surface area contributed by atoms with Crippen LogP contribution in [0.25, 0.3) is 105 Å². The van der Waals surface area contributed by atoms with E-state index in [1.54, 1.807) is 0 Å². The molecule has 0 bridgehead atoms. The topological polar surface area (TPSA) is 57.0 Å². The predicted octanol–water partition coefficient (Wildman–Crippen LogP) is 12.4. The molecule has 51 heavy (non-hydrogen) atoms. The number of para-hydroxylation sites is 3. The fourth-order valence-corrected chi connectivity index (χ4v) is 7.74. The van der Waals surface area contributed by atoms with Crippen LogP contribution in [-0.2, 0) is 0 Å². The van der Waals surface area contributed by atoms with Gasteiger partial charge in [-0.25, -0.2) is 9.97 Å². The lowest BCUT2D eigenvalue weighted by Gasteiger charge is -2.12. The zero-order valence-electron chi connectivity index (χ0n) is 27.2. The van der Waals surface area contributed by atoms with Crippen molar-refractivity contribution in [1.82, 2.24) is 14.5 Å². The Bertz CT molecular complexity index is 3060. The average molecular weight is 654 g/mol. The highest BCUT2D eigenvalue weighted by atomic mass is 16.4. The summed E-state index contributed by atoms with van der Waals surface area (Å²) in [6.45, 7) is 0. The molecule has 0 fully saturated rings. The molecule has 0 aliphatic rings. The van der Waals surface area contributed by atoms with Gasteiger partial charge in [-0.3, -0.25) is 0 Å². The lowest BCUT2D eigenvalue weighted by atomic mass is 10.0. The normalized spacial score (nSPS) is 11.9. The van der Waals surface area contributed by atoms with E-state index in [9.17, 15) is 0 Å². The van der Waals surface area contributed by atoms with Crippen LogP contribution < -0.4 is 0 Å². The number of nitrogens with zero attached hydrogens (tertiary/aromatic N) is 3. The number of hydrogen-bond acceptors (Lipinski definition) is 4. The van der Waals surface area contributed by atoms with Crippen LogP contribution in [0, 0.1) is 0 Å². The first-order valence-corrected chi connectivity index (χ1v) is 17.1. The summed E-state index contributed by atoms with van der Waals surface area (Å²) in [6.07, 6.45) is 0. The van der Waals surface area contributed by atoms with E-state index < -0.39 is 0 Å². The molecule has 4 aromatic heterocycles. The summed E-state index contributed by atoms with van der Waals surface area (Å²) < 4.78 is 15.6. The number of rotatable bonds is 4. The molecule has 11 rings (SSSR count). The monoisotopic (exact) mass is 653 g/mol. The van der Waals surface area contributed by atoms with Crippen LogP contribution in [0.1, 0.15) is 0 Å². The highest BCUT2D eigenvalue weighted by Crippen LogP contribution is 2.48. The van der Waals surface area contributed by atoms with Gasteiger partial charge in [0.2, 0.25) is 0 Å². The van der Waals surface area contributed by atoms with Crippen LogP contribution in [-0.4, -0.2) is 14.5 Å². The van der Waals surface area contributed by atoms with E-state index >= 15 is 0 Å². The van der Waals surface area contributed by atoms with Gasteiger partial charge in [-0.15, -0.1) is 0 Å². The molecule has 0 N–H and O–H groups in total. The molecule has 238 valence electrons. The lowest BCUT2D eigenvalue weighted by Crippen LogP contribution is -1.97. The van der Waals surface area contributed by atoms with Gasteiger partial charge in [-0.05, 0) is 36.4 Å². The Morgan fingerprint density at radius 2 is 0.922 bits per heavy atom. The van der Waals surface area contributed by atoms with Gasteiger partial charge in [0.15, 0.2) is 17.0 Å². The van der Waals surface area contributed by atoms with Gasteiger partial charge in [0.25, 0.3) is 0 Å². The second-order valence-corrected chi connectivity index (χ2v) is 12.9. The van der Waals surface area contributed by atoms with Crippen molar-refractivity contribution in [3.05, 3.63) is 164 Å². The maximum atomic E-state index is 6.64. The van der Waals surface area contributed by atoms with Gasteiger partial charge in [-0.1, -0.05) is 127 Å². The van der Waals surface area contributed by atoms with Gasteiger partial charge < -0.3 is 13.4 Å². The summed E-state index contributed by atoms with van der Waals surface area (Å²) in [4.78, 5) is 10.1. The zero-order chi connectivity index (χ0) is 33.5. The SMILES string of the molecule is c1ccc(-c2cc(-c3ccc(-n4c5ccccc5c5c6c7ccccc7oc6c6oc7ccccc7c6c54)cc3)nc(-c3ccccc3)n2)cc1. The Morgan fingerprint density at radius 1 is 0.412 bits per heavy atom. The standard InChI is InChI=1S/C46H27N3O2/c1-3-13-28(14-4-1)35-27-36(48-46(47-35)30-15-5-2-6-16-30)29-23-25-31(26-24-29)49-37-20-10-7-17-32(37)40-41-33-18-8-11-21-38(33)50-44(41)45-42(43(40)49)34-19-9-12-22-39(34)51-45/h1-27H. The minimum Gasteiger partial charge on any atom is -0.452 e. The van der Waals surface area contributed by atoms with Gasteiger partial charge in [-0.2, -0.15) is 0 Å². The molecule has 0 saturated carbocycles. The molecule has 11 aromatic rings. The number of hydrogen-bond donors (Lipinski definition) is 0. The van der Waals surface area contributed by atoms with E-state index in [0.29, 0.717) is 5.82 Å². The largest absolute Gasteiger partial charge is 0.452 e. The van der Waals surface area contributed by atoms with E-state index in [-0.39, 0.29) is 0 Å². The van der Waals surface area contributed by atoms with E-state index in [2.05, 4.69) is 108 Å². The Hall–Kier alpha value is -6.98. The molecule has 0 spiro atoms. The number of aromatic nitrogens is 3. The second kappa shape index (κ2) is 10.8. The molecule has 0 saturated heterocycles. The Kier molecular flexibility index (Phi) is 5.89. The quantitative estimate of drug-likeness (QED) is 0.190. The van der Waals surface area contributed by atoms with Gasteiger partial charge >= 0.3 is 0 Å². The smallest absolute Gasteiger partial charge is 0.180 e. The summed E-state index contributed by atoms with van der Waals surface area (Å²) >= 11 is 0. The van der Waals surface area contributed by atoms with Crippen molar-refractivity contribution in [2.24, 2.45) is 0 Å². The molecular weight excluding hydrogens is 627 g/mol. The van der Waals surface area contributed by atoms with Crippen molar-refractivity contribution in [2.45, 2.75) is 0 Å². The number of benzene rings is 7. The van der Waals surface area contributed by atoms with Crippen LogP contribution in [0.3, 0.4) is 0 Å². The van der Waals surface area contributed by atoms with Gasteiger partial charge in [0, 0.05) is 49.3 Å². The minimum absolute atomic E-state index is 0.698. The Morgan fingerprint density at radius 3 is 1.59 bits per heavy atom. The predicted molar refractivity (Wildman–Crippen MR) is 207 cm³/mol. The number of furan rings is 2. The van der Waals surface area contributed by atoms with Crippen LogP contribution in [0.5, 0.6) is 0 Å². The highest BCUT2D eigenvalue weighted by Gasteiger charge is 2.26. The average Bonchev–Trinajstić information content (AvgIpc) is 3.88. The van der Waals surface area contributed by atoms with Crippen LogP contribution in [0.15, 0.2) is 173 Å². The molecule has 0 unspecified atom stereocenters. The van der Waals surface area contributed by atoms with Crippen molar-refractivity contribution in [1.29, 1.82) is 0 Å². The molecule has 0 aliphatic heterocycles. The van der Waals surface area contributed by atoms with Crippen LogP contribution in [0.2, 0.25) is 0 Å². The molecule has 7 aromatic carbocycles. The van der Waals surface area contributed by atoms with Crippen LogP contribution in [0.4, 0.5) is 0 Å². The maximum absolute atomic E-state index is 6.64. The third-order valence-electron chi connectivity index (χ3n) is 10.0. The fourth-order valence-electron chi connectivity index (χ4n) is 7.74.